The number of benzene rings is 8. The van der Waals surface area contributed by atoms with E-state index in [9.17, 15) is 0 Å². The second kappa shape index (κ2) is 10.6. The number of aromatic nitrogens is 1. The zero-order chi connectivity index (χ0) is 32.8. The fourth-order valence-electron chi connectivity index (χ4n) is 7.99. The maximum Gasteiger partial charge on any atom is 0.135 e. The molecule has 0 aliphatic rings. The minimum atomic E-state index is 0.888. The number of nitrogens with zero attached hydrogens (tertiary/aromatic N) is 2. The van der Waals surface area contributed by atoms with Crippen molar-refractivity contribution < 1.29 is 4.42 Å². The van der Waals surface area contributed by atoms with E-state index in [4.69, 9.17) is 4.42 Å². The van der Waals surface area contributed by atoms with Crippen LogP contribution in [0.4, 0.5) is 17.1 Å². The van der Waals surface area contributed by atoms with Gasteiger partial charge < -0.3 is 13.9 Å². The molecule has 234 valence electrons. The summed E-state index contributed by atoms with van der Waals surface area (Å²) in [6.07, 6.45) is 0. The third kappa shape index (κ3) is 3.97. The Morgan fingerprint density at radius 3 is 2.02 bits per heavy atom. The van der Waals surface area contributed by atoms with E-state index in [0.717, 1.165) is 44.7 Å². The largest absolute Gasteiger partial charge is 0.456 e. The summed E-state index contributed by atoms with van der Waals surface area (Å²) < 4.78 is 11.3. The molecule has 0 atom stereocenters. The number of hydrogen-bond donors (Lipinski definition) is 0. The lowest BCUT2D eigenvalue weighted by molar-refractivity contribution is 0.669. The summed E-state index contributed by atoms with van der Waals surface area (Å²) in [5.74, 6) is 0. The molecule has 11 aromatic rings. The lowest BCUT2D eigenvalue weighted by Crippen LogP contribution is -2.10. The van der Waals surface area contributed by atoms with E-state index in [0.29, 0.717) is 0 Å². The van der Waals surface area contributed by atoms with Gasteiger partial charge in [-0.05, 0) is 89.6 Å². The summed E-state index contributed by atoms with van der Waals surface area (Å²) in [6.45, 7) is 0. The molecule has 0 amide bonds. The molecule has 3 nitrogen and oxygen atoms in total. The van der Waals surface area contributed by atoms with E-state index in [1.54, 1.807) is 0 Å². The van der Waals surface area contributed by atoms with Crippen LogP contribution in [0.25, 0.3) is 80.4 Å². The van der Waals surface area contributed by atoms with Gasteiger partial charge in [-0.25, -0.2) is 0 Å². The van der Waals surface area contributed by atoms with E-state index < -0.39 is 0 Å². The second-order valence-corrected chi connectivity index (χ2v) is 14.0. The van der Waals surface area contributed by atoms with Gasteiger partial charge in [-0.2, -0.15) is 0 Å². The van der Waals surface area contributed by atoms with Gasteiger partial charge in [0, 0.05) is 58.8 Å². The Balaban J connectivity index is 1.25. The van der Waals surface area contributed by atoms with Gasteiger partial charge >= 0.3 is 0 Å². The van der Waals surface area contributed by atoms with Crippen LogP contribution in [-0.2, 0) is 0 Å². The summed E-state index contributed by atoms with van der Waals surface area (Å²) in [7, 11) is 0. The number of anilines is 3. The molecule has 0 spiro atoms. The molecule has 0 N–H and O–H groups in total. The molecular formula is C46H28N2OS. The normalized spacial score (nSPS) is 12.0. The van der Waals surface area contributed by atoms with Gasteiger partial charge in [-0.1, -0.05) is 91.0 Å². The van der Waals surface area contributed by atoms with Crippen molar-refractivity contribution in [2.75, 3.05) is 4.90 Å². The first kappa shape index (κ1) is 27.6. The smallest absolute Gasteiger partial charge is 0.135 e. The zero-order valence-electron chi connectivity index (χ0n) is 26.9. The summed E-state index contributed by atoms with van der Waals surface area (Å²) in [4.78, 5) is 2.44. The third-order valence-electron chi connectivity index (χ3n) is 10.2. The van der Waals surface area contributed by atoms with Crippen molar-refractivity contribution in [3.63, 3.8) is 0 Å². The molecule has 0 radical (unpaired) electrons. The molecule has 0 saturated heterocycles. The minimum absolute atomic E-state index is 0.888. The standard InChI is InChI=1S/C46H28N2OS/c1-2-11-30(12-3-1)48-38-16-7-4-14-34(38)46-39(17-10-18-40(46)48)47(32-24-25-42-37(28-32)33-13-5-8-19-41(33)49-42)31-23-21-29-22-26-44-45(36(29)27-31)35-15-6-9-20-43(35)50-44/h1-28H. The summed E-state index contributed by atoms with van der Waals surface area (Å²) in [5, 5.41) is 9.77. The van der Waals surface area contributed by atoms with Crippen LogP contribution in [0.1, 0.15) is 0 Å². The maximum absolute atomic E-state index is 6.30. The maximum atomic E-state index is 6.30. The van der Waals surface area contributed by atoms with Gasteiger partial charge in [0.05, 0.1) is 16.7 Å². The topological polar surface area (TPSA) is 21.3 Å². The second-order valence-electron chi connectivity index (χ2n) is 12.9. The molecule has 0 fully saturated rings. The molecule has 0 unspecified atom stereocenters. The van der Waals surface area contributed by atoms with Gasteiger partial charge in [0.1, 0.15) is 11.2 Å². The van der Waals surface area contributed by atoms with E-state index in [1.807, 2.05) is 23.5 Å². The van der Waals surface area contributed by atoms with Gasteiger partial charge in [0.15, 0.2) is 0 Å². The van der Waals surface area contributed by atoms with Gasteiger partial charge in [0.25, 0.3) is 0 Å². The predicted octanol–water partition coefficient (Wildman–Crippen LogP) is 13.7. The summed E-state index contributed by atoms with van der Waals surface area (Å²) in [6, 6.07) is 61.3. The van der Waals surface area contributed by atoms with Gasteiger partial charge in [-0.15, -0.1) is 11.3 Å². The summed E-state index contributed by atoms with van der Waals surface area (Å²) >= 11 is 1.86. The van der Waals surface area contributed by atoms with Crippen LogP contribution in [0.3, 0.4) is 0 Å². The lowest BCUT2D eigenvalue weighted by atomic mass is 10.0. The number of furan rings is 1. The average Bonchev–Trinajstić information content (AvgIpc) is 3.85. The predicted molar refractivity (Wildman–Crippen MR) is 213 cm³/mol. The number of fused-ring (bicyclic) bond motifs is 11. The molecular weight excluding hydrogens is 629 g/mol. The molecule has 3 heterocycles. The first-order chi connectivity index (χ1) is 24.8. The Morgan fingerprint density at radius 2 is 1.12 bits per heavy atom. The number of hydrogen-bond acceptors (Lipinski definition) is 3. The monoisotopic (exact) mass is 656 g/mol. The van der Waals surface area contributed by atoms with E-state index in [2.05, 4.69) is 167 Å². The quantitative estimate of drug-likeness (QED) is 0.188. The van der Waals surface area contributed by atoms with Crippen molar-refractivity contribution in [1.82, 2.24) is 4.57 Å². The van der Waals surface area contributed by atoms with Crippen LogP contribution in [0.2, 0.25) is 0 Å². The highest BCUT2D eigenvalue weighted by molar-refractivity contribution is 7.26. The SMILES string of the molecule is c1ccc(-n2c3ccccc3c3c(N(c4ccc5oc6ccccc6c5c4)c4ccc5ccc6sc7ccccc7c6c5c4)cccc32)cc1. The van der Waals surface area contributed by atoms with Crippen molar-refractivity contribution in [3.8, 4) is 5.69 Å². The molecule has 0 bridgehead atoms. The van der Waals surface area contributed by atoms with E-state index in [1.165, 1.54) is 52.8 Å². The molecule has 3 aromatic heterocycles. The lowest BCUT2D eigenvalue weighted by Gasteiger charge is -2.27. The molecule has 8 aromatic carbocycles. The molecule has 0 saturated carbocycles. The van der Waals surface area contributed by atoms with E-state index in [-0.39, 0.29) is 0 Å². The van der Waals surface area contributed by atoms with Crippen molar-refractivity contribution >= 4 is 103 Å². The highest BCUT2D eigenvalue weighted by Crippen LogP contribution is 2.47. The van der Waals surface area contributed by atoms with Crippen LogP contribution in [0.5, 0.6) is 0 Å². The molecule has 11 rings (SSSR count). The van der Waals surface area contributed by atoms with Crippen molar-refractivity contribution in [2.45, 2.75) is 0 Å². The number of thiophene rings is 1. The molecule has 50 heavy (non-hydrogen) atoms. The fraction of sp³-hybridized carbons (Fsp3) is 0. The Kier molecular flexibility index (Phi) is 5.83. The highest BCUT2D eigenvalue weighted by Gasteiger charge is 2.22. The van der Waals surface area contributed by atoms with Gasteiger partial charge in [0.2, 0.25) is 0 Å². The fourth-order valence-corrected chi connectivity index (χ4v) is 9.11. The molecule has 0 aliphatic heterocycles. The molecule has 4 heteroatoms. The number of rotatable bonds is 4. The van der Waals surface area contributed by atoms with Gasteiger partial charge in [-0.3, -0.25) is 0 Å². The van der Waals surface area contributed by atoms with Crippen molar-refractivity contribution in [1.29, 1.82) is 0 Å². The zero-order valence-corrected chi connectivity index (χ0v) is 27.7. The Bertz CT molecular complexity index is 3110. The minimum Gasteiger partial charge on any atom is -0.456 e. The number of para-hydroxylation sites is 3. The Labute approximate surface area is 291 Å². The molecule has 0 aliphatic carbocycles. The average molecular weight is 657 g/mol. The van der Waals surface area contributed by atoms with Crippen molar-refractivity contribution in [2.24, 2.45) is 0 Å². The summed E-state index contributed by atoms with van der Waals surface area (Å²) in [5.41, 5.74) is 8.60. The third-order valence-corrected chi connectivity index (χ3v) is 11.3. The van der Waals surface area contributed by atoms with Crippen LogP contribution >= 0.6 is 11.3 Å². The van der Waals surface area contributed by atoms with Crippen LogP contribution < -0.4 is 4.90 Å². The Morgan fingerprint density at radius 1 is 0.440 bits per heavy atom. The van der Waals surface area contributed by atoms with Crippen LogP contribution in [0.15, 0.2) is 174 Å². The van der Waals surface area contributed by atoms with Crippen molar-refractivity contribution in [3.05, 3.63) is 170 Å². The Hall–Kier alpha value is -6.36. The highest BCUT2D eigenvalue weighted by atomic mass is 32.1. The van der Waals surface area contributed by atoms with Crippen LogP contribution in [0, 0.1) is 0 Å². The van der Waals surface area contributed by atoms with Crippen LogP contribution in [-0.4, -0.2) is 4.57 Å². The first-order valence-corrected chi connectivity index (χ1v) is 17.7. The first-order valence-electron chi connectivity index (χ1n) is 16.9. The van der Waals surface area contributed by atoms with E-state index >= 15 is 0 Å².